The fraction of sp³-hybridized carbons (Fsp3) is 1.00. The molecule has 2 aliphatic rings. The maximum Gasteiger partial charge on any atom is 0.121 e. The number of hydrogen-bond donors (Lipinski definition) is 1. The van der Waals surface area contributed by atoms with Crippen LogP contribution in [-0.2, 0) is 0 Å². The Morgan fingerprint density at radius 1 is 1.17 bits per heavy atom. The molecule has 1 nitrogen and oxygen atoms in total. The third kappa shape index (κ3) is 1.49. The fourth-order valence-corrected chi connectivity index (χ4v) is 2.32. The first kappa shape index (κ1) is 8.49. The first-order valence-electron chi connectivity index (χ1n) is 5.15. The van der Waals surface area contributed by atoms with Gasteiger partial charge in [-0.15, -0.1) is 0 Å². The molecule has 12 heavy (non-hydrogen) atoms. The summed E-state index contributed by atoms with van der Waals surface area (Å²) >= 11 is 0. The molecule has 70 valence electrons. The Balaban J connectivity index is 1.89. The van der Waals surface area contributed by atoms with Gasteiger partial charge in [-0.3, -0.25) is 0 Å². The third-order valence-corrected chi connectivity index (χ3v) is 3.44. The highest BCUT2D eigenvalue weighted by molar-refractivity contribution is 5.06. The lowest BCUT2D eigenvalue weighted by Gasteiger charge is -2.28. The molecule has 0 aromatic rings. The van der Waals surface area contributed by atoms with Crippen LogP contribution >= 0.6 is 0 Å². The predicted molar refractivity (Wildman–Crippen MR) is 47.6 cm³/mol. The van der Waals surface area contributed by atoms with Crippen molar-refractivity contribution < 1.29 is 4.39 Å². The Bertz CT molecular complexity index is 159. The monoisotopic (exact) mass is 171 g/mol. The van der Waals surface area contributed by atoms with Crippen molar-refractivity contribution >= 4 is 0 Å². The summed E-state index contributed by atoms with van der Waals surface area (Å²) in [5.74, 6) is 0.284. The zero-order chi connectivity index (χ0) is 8.60. The van der Waals surface area contributed by atoms with Crippen molar-refractivity contribution in [3.05, 3.63) is 0 Å². The Hall–Kier alpha value is -0.110. The largest absolute Gasteiger partial charge is 0.323 e. The average Bonchev–Trinajstić information content (AvgIpc) is 2.85. The van der Waals surface area contributed by atoms with E-state index in [0.29, 0.717) is 0 Å². The molecule has 0 aromatic heterocycles. The van der Waals surface area contributed by atoms with Gasteiger partial charge in [0, 0.05) is 5.54 Å². The summed E-state index contributed by atoms with van der Waals surface area (Å²) in [5, 5.41) is 0. The molecule has 0 spiro atoms. The molecule has 0 aliphatic heterocycles. The maximum atomic E-state index is 13.7. The molecular weight excluding hydrogens is 153 g/mol. The molecule has 2 N–H and O–H groups in total. The maximum absolute atomic E-state index is 13.7. The van der Waals surface area contributed by atoms with E-state index in [4.69, 9.17) is 5.73 Å². The highest BCUT2D eigenvalue weighted by Crippen LogP contribution is 2.43. The van der Waals surface area contributed by atoms with E-state index in [-0.39, 0.29) is 5.92 Å². The molecule has 0 bridgehead atoms. The van der Waals surface area contributed by atoms with E-state index in [1.807, 2.05) is 0 Å². The van der Waals surface area contributed by atoms with Crippen LogP contribution < -0.4 is 5.73 Å². The summed E-state index contributed by atoms with van der Waals surface area (Å²) in [5.41, 5.74) is 5.45. The van der Waals surface area contributed by atoms with E-state index in [0.717, 1.165) is 25.7 Å². The van der Waals surface area contributed by atoms with Crippen molar-refractivity contribution in [2.45, 2.75) is 56.7 Å². The van der Waals surface area contributed by atoms with Crippen LogP contribution in [0.4, 0.5) is 4.39 Å². The SMILES string of the molecule is NC1(C(F)C2CCCCC2)CC1. The number of alkyl halides is 1. The summed E-state index contributed by atoms with van der Waals surface area (Å²) in [6, 6.07) is 0. The molecule has 2 rings (SSSR count). The standard InChI is InChI=1S/C10H18FN/c11-9(10(12)6-7-10)8-4-2-1-3-5-8/h8-9H,1-7,12H2. The molecule has 2 heteroatoms. The minimum atomic E-state index is -0.710. The Morgan fingerprint density at radius 2 is 1.75 bits per heavy atom. The molecule has 0 amide bonds. The van der Waals surface area contributed by atoms with Crippen LogP contribution in [0.5, 0.6) is 0 Å². The zero-order valence-corrected chi connectivity index (χ0v) is 7.56. The lowest BCUT2D eigenvalue weighted by Crippen LogP contribution is -2.39. The van der Waals surface area contributed by atoms with Gasteiger partial charge in [0.2, 0.25) is 0 Å². The molecule has 0 aromatic carbocycles. The molecule has 0 saturated heterocycles. The highest BCUT2D eigenvalue weighted by atomic mass is 19.1. The van der Waals surface area contributed by atoms with Gasteiger partial charge in [-0.05, 0) is 31.6 Å². The van der Waals surface area contributed by atoms with Crippen LogP contribution in [-0.4, -0.2) is 11.7 Å². The van der Waals surface area contributed by atoms with Crippen LogP contribution in [0.1, 0.15) is 44.9 Å². The Labute approximate surface area is 73.5 Å². The van der Waals surface area contributed by atoms with E-state index in [2.05, 4.69) is 0 Å². The quantitative estimate of drug-likeness (QED) is 0.678. The lowest BCUT2D eigenvalue weighted by molar-refractivity contribution is 0.143. The van der Waals surface area contributed by atoms with Gasteiger partial charge < -0.3 is 5.73 Å². The molecule has 0 heterocycles. The van der Waals surface area contributed by atoms with Crippen molar-refractivity contribution in [3.8, 4) is 0 Å². The number of halogens is 1. The van der Waals surface area contributed by atoms with Crippen LogP contribution in [0.3, 0.4) is 0 Å². The second-order valence-electron chi connectivity index (χ2n) is 4.53. The van der Waals surface area contributed by atoms with Crippen molar-refractivity contribution in [1.29, 1.82) is 0 Å². The summed E-state index contributed by atoms with van der Waals surface area (Å²) in [6.45, 7) is 0. The van der Waals surface area contributed by atoms with E-state index >= 15 is 0 Å². The van der Waals surface area contributed by atoms with Crippen molar-refractivity contribution in [3.63, 3.8) is 0 Å². The number of nitrogens with two attached hydrogens (primary N) is 1. The molecule has 1 unspecified atom stereocenters. The van der Waals surface area contributed by atoms with Gasteiger partial charge in [0.25, 0.3) is 0 Å². The molecule has 2 aliphatic carbocycles. The van der Waals surface area contributed by atoms with Gasteiger partial charge in [0.1, 0.15) is 6.17 Å². The first-order valence-corrected chi connectivity index (χ1v) is 5.15. The molecule has 0 radical (unpaired) electrons. The smallest absolute Gasteiger partial charge is 0.121 e. The number of rotatable bonds is 2. The molecule has 2 fully saturated rings. The summed E-state index contributed by atoms with van der Waals surface area (Å²) in [6.07, 6.45) is 6.95. The minimum Gasteiger partial charge on any atom is -0.323 e. The predicted octanol–water partition coefficient (Wildman–Crippen LogP) is 2.40. The van der Waals surface area contributed by atoms with Crippen LogP contribution in [0.15, 0.2) is 0 Å². The highest BCUT2D eigenvalue weighted by Gasteiger charge is 2.49. The minimum absolute atomic E-state index is 0.284. The van der Waals surface area contributed by atoms with E-state index in [9.17, 15) is 4.39 Å². The van der Waals surface area contributed by atoms with Crippen LogP contribution in [0.2, 0.25) is 0 Å². The normalized spacial score (nSPS) is 31.5. The Kier molecular flexibility index (Phi) is 2.11. The molecular formula is C10H18FN. The van der Waals surface area contributed by atoms with Crippen molar-refractivity contribution in [1.82, 2.24) is 0 Å². The van der Waals surface area contributed by atoms with E-state index in [1.54, 1.807) is 0 Å². The summed E-state index contributed by atoms with van der Waals surface area (Å²) in [4.78, 5) is 0. The van der Waals surface area contributed by atoms with E-state index < -0.39 is 11.7 Å². The van der Waals surface area contributed by atoms with E-state index in [1.165, 1.54) is 19.3 Å². The summed E-state index contributed by atoms with van der Waals surface area (Å²) in [7, 11) is 0. The van der Waals surface area contributed by atoms with Gasteiger partial charge in [-0.25, -0.2) is 4.39 Å². The lowest BCUT2D eigenvalue weighted by atomic mass is 9.83. The fourth-order valence-electron chi connectivity index (χ4n) is 2.32. The molecule has 2 saturated carbocycles. The van der Waals surface area contributed by atoms with Gasteiger partial charge >= 0.3 is 0 Å². The third-order valence-electron chi connectivity index (χ3n) is 3.44. The second kappa shape index (κ2) is 2.99. The van der Waals surface area contributed by atoms with Crippen molar-refractivity contribution in [2.24, 2.45) is 11.7 Å². The van der Waals surface area contributed by atoms with Gasteiger partial charge in [0.05, 0.1) is 0 Å². The number of hydrogen-bond acceptors (Lipinski definition) is 1. The topological polar surface area (TPSA) is 26.0 Å². The second-order valence-corrected chi connectivity index (χ2v) is 4.53. The van der Waals surface area contributed by atoms with Gasteiger partial charge in [0.15, 0.2) is 0 Å². The Morgan fingerprint density at radius 3 is 2.25 bits per heavy atom. The average molecular weight is 171 g/mol. The van der Waals surface area contributed by atoms with Gasteiger partial charge in [-0.2, -0.15) is 0 Å². The first-order chi connectivity index (χ1) is 5.72. The molecule has 1 atom stereocenters. The summed E-state index contributed by atoms with van der Waals surface area (Å²) < 4.78 is 13.7. The van der Waals surface area contributed by atoms with Gasteiger partial charge in [-0.1, -0.05) is 19.3 Å². The van der Waals surface area contributed by atoms with Crippen molar-refractivity contribution in [2.75, 3.05) is 0 Å². The zero-order valence-electron chi connectivity index (χ0n) is 7.56. The van der Waals surface area contributed by atoms with Crippen LogP contribution in [0, 0.1) is 5.92 Å². The van der Waals surface area contributed by atoms with Crippen LogP contribution in [0.25, 0.3) is 0 Å².